The van der Waals surface area contributed by atoms with Crippen LogP contribution in [0.2, 0.25) is 0 Å². The van der Waals surface area contributed by atoms with Gasteiger partial charge < -0.3 is 14.6 Å². The first-order valence-corrected chi connectivity index (χ1v) is 14.8. The minimum absolute atomic E-state index is 0.0276. The second-order valence-electron chi connectivity index (χ2n) is 10.8. The van der Waals surface area contributed by atoms with Crippen LogP contribution in [-0.4, -0.2) is 34.5 Å². The Labute approximate surface area is 243 Å². The van der Waals surface area contributed by atoms with Gasteiger partial charge in [0.1, 0.15) is 23.4 Å². The number of aliphatic hydroxyl groups is 1. The number of rotatable bonds is 7. The molecule has 210 valence electrons. The fourth-order valence-corrected chi connectivity index (χ4v) is 6.81. The lowest BCUT2D eigenvalue weighted by atomic mass is 9.94. The molecule has 7 nitrogen and oxygen atoms in total. The highest BCUT2D eigenvalue weighted by Crippen LogP contribution is 2.45. The van der Waals surface area contributed by atoms with Gasteiger partial charge in [-0.1, -0.05) is 42.9 Å². The van der Waals surface area contributed by atoms with E-state index in [0.717, 1.165) is 45.5 Å². The second-order valence-corrected chi connectivity index (χ2v) is 11.8. The van der Waals surface area contributed by atoms with E-state index < -0.39 is 17.7 Å². The second kappa shape index (κ2) is 10.7. The number of hydrogen-bond acceptors (Lipinski definition) is 7. The third-order valence-electron chi connectivity index (χ3n) is 7.58. The summed E-state index contributed by atoms with van der Waals surface area (Å²) in [6, 6.07) is 16.0. The maximum absolute atomic E-state index is 13.7. The molecule has 0 radical (unpaired) electrons. The average Bonchev–Trinajstić information content (AvgIpc) is 3.61. The molecule has 3 aromatic carbocycles. The topological polar surface area (TPSA) is 89.0 Å². The van der Waals surface area contributed by atoms with Crippen LogP contribution in [-0.2, 0) is 16.0 Å². The number of unbranched alkanes of at least 4 members (excludes halogenated alkanes) is 1. The highest BCUT2D eigenvalue weighted by atomic mass is 32.1. The summed E-state index contributed by atoms with van der Waals surface area (Å²) in [6.45, 7) is 8.65. The zero-order chi connectivity index (χ0) is 28.8. The minimum atomic E-state index is -0.880. The molecule has 0 saturated carbocycles. The Morgan fingerprint density at radius 2 is 1.98 bits per heavy atom. The number of amides is 1. The number of aryl methyl sites for hydroxylation is 2. The van der Waals surface area contributed by atoms with Gasteiger partial charge in [0, 0.05) is 12.0 Å². The zero-order valence-electron chi connectivity index (χ0n) is 23.6. The van der Waals surface area contributed by atoms with Crippen molar-refractivity contribution in [3.8, 4) is 11.5 Å². The van der Waals surface area contributed by atoms with E-state index >= 15 is 0 Å². The molecule has 41 heavy (non-hydrogen) atoms. The molecule has 4 aromatic rings. The third-order valence-corrected chi connectivity index (χ3v) is 8.58. The summed E-state index contributed by atoms with van der Waals surface area (Å²) in [4.78, 5) is 33.7. The Hall–Kier alpha value is -4.17. The first-order chi connectivity index (χ1) is 19.7. The number of ether oxygens (including phenoxy) is 2. The monoisotopic (exact) mass is 568 g/mol. The van der Waals surface area contributed by atoms with Crippen molar-refractivity contribution in [3.05, 3.63) is 88.0 Å². The Morgan fingerprint density at radius 3 is 2.78 bits per heavy atom. The molecule has 1 fully saturated rings. The van der Waals surface area contributed by atoms with Gasteiger partial charge in [0.25, 0.3) is 5.78 Å². The molecule has 6 rings (SSSR count). The molecule has 0 bridgehead atoms. The third kappa shape index (κ3) is 4.86. The number of thiazole rings is 1. The van der Waals surface area contributed by atoms with Gasteiger partial charge in [-0.2, -0.15) is 0 Å². The minimum Gasteiger partial charge on any atom is -0.507 e. The van der Waals surface area contributed by atoms with Crippen molar-refractivity contribution < 1.29 is 24.2 Å². The van der Waals surface area contributed by atoms with Gasteiger partial charge in [-0.25, -0.2) is 4.98 Å². The fraction of sp³-hybridized carbons (Fsp3) is 0.303. The van der Waals surface area contributed by atoms with E-state index in [4.69, 9.17) is 14.5 Å². The summed E-state index contributed by atoms with van der Waals surface area (Å²) in [7, 11) is 0. The maximum Gasteiger partial charge on any atom is 0.301 e. The van der Waals surface area contributed by atoms with Crippen molar-refractivity contribution >= 4 is 44.1 Å². The van der Waals surface area contributed by atoms with E-state index in [-0.39, 0.29) is 17.4 Å². The number of aromatic nitrogens is 1. The van der Waals surface area contributed by atoms with Crippen LogP contribution in [0.5, 0.6) is 11.5 Å². The van der Waals surface area contributed by atoms with Gasteiger partial charge >= 0.3 is 5.91 Å². The lowest BCUT2D eigenvalue weighted by Crippen LogP contribution is -2.29. The van der Waals surface area contributed by atoms with Gasteiger partial charge in [0.2, 0.25) is 0 Å². The molecule has 1 N–H and O–H groups in total. The van der Waals surface area contributed by atoms with Crippen molar-refractivity contribution in [1.29, 1.82) is 0 Å². The Kier molecular flexibility index (Phi) is 7.03. The number of ketones is 1. The molecule has 3 heterocycles. The van der Waals surface area contributed by atoms with Gasteiger partial charge in [-0.05, 0) is 85.8 Å². The van der Waals surface area contributed by atoms with E-state index in [0.29, 0.717) is 35.0 Å². The number of carbonyl (C=O) groups is 2. The van der Waals surface area contributed by atoms with Gasteiger partial charge in [0.05, 0.1) is 28.4 Å². The number of anilines is 1. The summed E-state index contributed by atoms with van der Waals surface area (Å²) >= 11 is 1.36. The first kappa shape index (κ1) is 27.0. The molecule has 2 atom stereocenters. The van der Waals surface area contributed by atoms with Crippen molar-refractivity contribution in [1.82, 2.24) is 4.98 Å². The first-order valence-electron chi connectivity index (χ1n) is 14.0. The van der Waals surface area contributed by atoms with Crippen LogP contribution < -0.4 is 14.4 Å². The van der Waals surface area contributed by atoms with Gasteiger partial charge in [-0.15, -0.1) is 0 Å². The number of hydrogen-bond donors (Lipinski definition) is 1. The molecule has 1 saturated heterocycles. The summed E-state index contributed by atoms with van der Waals surface area (Å²) in [6.07, 6.45) is 2.65. The van der Waals surface area contributed by atoms with Crippen LogP contribution in [0.3, 0.4) is 0 Å². The standard InChI is InChI=1S/C33H32N2O5S/c1-5-6-12-39-24-9-7-8-21(17-24)29-27(30(36)22-10-11-25-23(16-22)15-20(4)40-25)31(37)32(38)35(29)33-34-28-19(3)13-18(2)14-26(28)41-33/h7-11,13-14,16-17,20,29,36H,5-6,12,15H2,1-4H3/t20-,29-/m1/s1. The predicted molar refractivity (Wildman–Crippen MR) is 161 cm³/mol. The van der Waals surface area contributed by atoms with E-state index in [1.54, 1.807) is 12.1 Å². The maximum atomic E-state index is 13.7. The van der Waals surface area contributed by atoms with Crippen LogP contribution in [0.1, 0.15) is 60.5 Å². The highest BCUT2D eigenvalue weighted by Gasteiger charge is 2.48. The van der Waals surface area contributed by atoms with Gasteiger partial charge in [-0.3, -0.25) is 14.5 Å². The van der Waals surface area contributed by atoms with Crippen molar-refractivity contribution in [2.45, 2.75) is 59.1 Å². The molecule has 2 aliphatic heterocycles. The number of Topliss-reactive ketones (excluding diaryl/α,β-unsaturated/α-hetero) is 1. The molecular formula is C33H32N2O5S. The van der Waals surface area contributed by atoms with Crippen LogP contribution in [0, 0.1) is 13.8 Å². The van der Waals surface area contributed by atoms with E-state index in [1.165, 1.54) is 16.2 Å². The summed E-state index contributed by atoms with van der Waals surface area (Å²) in [5.74, 6) is -0.282. The lowest BCUT2D eigenvalue weighted by molar-refractivity contribution is -0.132. The van der Waals surface area contributed by atoms with E-state index in [2.05, 4.69) is 6.92 Å². The number of fused-ring (bicyclic) bond motifs is 2. The van der Waals surface area contributed by atoms with E-state index in [9.17, 15) is 14.7 Å². The molecule has 8 heteroatoms. The summed E-state index contributed by atoms with van der Waals surface area (Å²) in [5.41, 5.74) is 4.99. The van der Waals surface area contributed by atoms with Gasteiger partial charge in [0.15, 0.2) is 5.13 Å². The molecule has 0 unspecified atom stereocenters. The average molecular weight is 569 g/mol. The van der Waals surface area contributed by atoms with Crippen molar-refractivity contribution in [3.63, 3.8) is 0 Å². The molecular weight excluding hydrogens is 536 g/mol. The molecule has 1 amide bonds. The van der Waals surface area contributed by atoms with Crippen molar-refractivity contribution in [2.24, 2.45) is 0 Å². The van der Waals surface area contributed by atoms with Crippen LogP contribution >= 0.6 is 11.3 Å². The van der Waals surface area contributed by atoms with Crippen LogP contribution in [0.4, 0.5) is 5.13 Å². The Morgan fingerprint density at radius 1 is 1.15 bits per heavy atom. The Balaban J connectivity index is 1.51. The lowest BCUT2D eigenvalue weighted by Gasteiger charge is -2.23. The summed E-state index contributed by atoms with van der Waals surface area (Å²) < 4.78 is 12.7. The normalized spacial score (nSPS) is 19.6. The highest BCUT2D eigenvalue weighted by molar-refractivity contribution is 7.22. The smallest absolute Gasteiger partial charge is 0.301 e. The van der Waals surface area contributed by atoms with Crippen LogP contribution in [0.25, 0.3) is 16.0 Å². The number of benzene rings is 3. The van der Waals surface area contributed by atoms with Crippen LogP contribution in [0.15, 0.2) is 60.2 Å². The van der Waals surface area contributed by atoms with E-state index in [1.807, 2.05) is 63.2 Å². The number of nitrogens with zero attached hydrogens (tertiary/aromatic N) is 2. The van der Waals surface area contributed by atoms with Crippen molar-refractivity contribution in [2.75, 3.05) is 11.5 Å². The predicted octanol–water partition coefficient (Wildman–Crippen LogP) is 7.04. The molecule has 2 aliphatic rings. The quantitative estimate of drug-likeness (QED) is 0.111. The fourth-order valence-electron chi connectivity index (χ4n) is 5.64. The number of aliphatic hydroxyl groups excluding tert-OH is 1. The zero-order valence-corrected chi connectivity index (χ0v) is 24.4. The number of carbonyl (C=O) groups excluding carboxylic acids is 2. The molecule has 1 aromatic heterocycles. The molecule has 0 aliphatic carbocycles. The largest absolute Gasteiger partial charge is 0.507 e. The SMILES string of the molecule is CCCCOc1cccc([C@@H]2C(=C(O)c3ccc4c(c3)C[C@@H](C)O4)C(=O)C(=O)N2c2nc3c(C)cc(C)cc3s2)c1. The summed E-state index contributed by atoms with van der Waals surface area (Å²) in [5, 5.41) is 12.1. The molecule has 0 spiro atoms. The Bertz CT molecular complexity index is 1720.